The Morgan fingerprint density at radius 3 is 2.67 bits per heavy atom. The first-order valence-corrected chi connectivity index (χ1v) is 5.94. The van der Waals surface area contributed by atoms with Crippen LogP contribution in [-0.4, -0.2) is 26.2 Å². The summed E-state index contributed by atoms with van der Waals surface area (Å²) in [4.78, 5) is 9.19. The van der Waals surface area contributed by atoms with Crippen LogP contribution in [0.5, 0.6) is 0 Å². The number of rotatable bonds is 1. The predicted octanol–water partition coefficient (Wildman–Crippen LogP) is 0.441. The highest BCUT2D eigenvalue weighted by molar-refractivity contribution is 6.50. The molecular formula is C6H14O2Si. The smallest absolute Gasteiger partial charge is 0.197 e. The predicted molar refractivity (Wildman–Crippen MR) is 38.8 cm³/mol. The van der Waals surface area contributed by atoms with Crippen molar-refractivity contribution in [2.24, 2.45) is 0 Å². The van der Waals surface area contributed by atoms with Gasteiger partial charge < -0.3 is 9.53 Å². The lowest BCUT2D eigenvalue weighted by molar-refractivity contribution is 0.0556. The normalized spacial score (nSPS) is 32.0. The van der Waals surface area contributed by atoms with E-state index in [-0.39, 0.29) is 5.73 Å². The lowest BCUT2D eigenvalue weighted by Crippen LogP contribution is -2.33. The molecule has 2 unspecified atom stereocenters. The van der Waals surface area contributed by atoms with Gasteiger partial charge in [-0.25, -0.2) is 0 Å². The van der Waals surface area contributed by atoms with E-state index in [0.717, 1.165) is 13.0 Å². The third-order valence-corrected chi connectivity index (χ3v) is 3.35. The topological polar surface area (TPSA) is 29.5 Å². The van der Waals surface area contributed by atoms with Gasteiger partial charge in [0.25, 0.3) is 0 Å². The molecule has 2 atom stereocenters. The summed E-state index contributed by atoms with van der Waals surface area (Å²) in [5, 5.41) is 0. The second-order valence-electron chi connectivity index (χ2n) is 2.65. The molecule has 1 N–H and O–H groups in total. The largest absolute Gasteiger partial charge is 0.432 e. The molecule has 1 saturated heterocycles. The molecule has 1 aliphatic heterocycles. The first-order chi connectivity index (χ1) is 4.30. The highest BCUT2D eigenvalue weighted by atomic mass is 28.3. The highest BCUT2D eigenvalue weighted by Crippen LogP contribution is 2.13. The molecule has 9 heavy (non-hydrogen) atoms. The standard InChI is InChI=1S/C6H14O2Si/c1-9(7)6-4-2-3-5-8-6/h6-7,9H,2-5H2,1H3. The zero-order valence-electron chi connectivity index (χ0n) is 5.84. The van der Waals surface area contributed by atoms with Crippen molar-refractivity contribution in [3.8, 4) is 0 Å². The third kappa shape index (κ3) is 2.08. The van der Waals surface area contributed by atoms with Crippen molar-refractivity contribution in [1.29, 1.82) is 0 Å². The van der Waals surface area contributed by atoms with E-state index in [2.05, 4.69) is 0 Å². The summed E-state index contributed by atoms with van der Waals surface area (Å²) >= 11 is 0. The average molecular weight is 146 g/mol. The van der Waals surface area contributed by atoms with Crippen LogP contribution in [0.1, 0.15) is 19.3 Å². The molecular weight excluding hydrogens is 132 g/mol. The van der Waals surface area contributed by atoms with Gasteiger partial charge in [0, 0.05) is 6.61 Å². The summed E-state index contributed by atoms with van der Waals surface area (Å²) in [6.07, 6.45) is 3.50. The van der Waals surface area contributed by atoms with Crippen LogP contribution in [0.3, 0.4) is 0 Å². The van der Waals surface area contributed by atoms with E-state index in [1.54, 1.807) is 0 Å². The minimum Gasteiger partial charge on any atom is -0.432 e. The summed E-state index contributed by atoms with van der Waals surface area (Å²) in [5.74, 6) is 0. The van der Waals surface area contributed by atoms with Crippen LogP contribution in [0.15, 0.2) is 0 Å². The van der Waals surface area contributed by atoms with Gasteiger partial charge in [-0.05, 0) is 25.8 Å². The molecule has 1 rings (SSSR count). The Bertz CT molecular complexity index is 79.1. The Morgan fingerprint density at radius 1 is 1.56 bits per heavy atom. The maximum Gasteiger partial charge on any atom is 0.197 e. The summed E-state index contributed by atoms with van der Waals surface area (Å²) in [7, 11) is -1.47. The molecule has 1 aliphatic rings. The molecule has 0 saturated carbocycles. The van der Waals surface area contributed by atoms with Crippen molar-refractivity contribution in [1.82, 2.24) is 0 Å². The van der Waals surface area contributed by atoms with Crippen LogP contribution >= 0.6 is 0 Å². The van der Waals surface area contributed by atoms with Gasteiger partial charge in [0.05, 0.1) is 5.73 Å². The van der Waals surface area contributed by atoms with Gasteiger partial charge in [0.2, 0.25) is 0 Å². The van der Waals surface area contributed by atoms with Crippen molar-refractivity contribution >= 4 is 9.04 Å². The quantitative estimate of drug-likeness (QED) is 0.544. The maximum atomic E-state index is 9.19. The molecule has 1 fully saturated rings. The van der Waals surface area contributed by atoms with Gasteiger partial charge in [-0.1, -0.05) is 0 Å². The van der Waals surface area contributed by atoms with Gasteiger partial charge in [0.1, 0.15) is 0 Å². The van der Waals surface area contributed by atoms with Gasteiger partial charge in [-0.15, -0.1) is 0 Å². The molecule has 0 aliphatic carbocycles. The monoisotopic (exact) mass is 146 g/mol. The Labute approximate surface area is 57.6 Å². The second kappa shape index (κ2) is 3.34. The van der Waals surface area contributed by atoms with E-state index in [4.69, 9.17) is 4.74 Å². The molecule has 0 aromatic rings. The van der Waals surface area contributed by atoms with E-state index in [1.807, 2.05) is 6.55 Å². The maximum absolute atomic E-state index is 9.19. The molecule has 0 spiro atoms. The third-order valence-electron chi connectivity index (χ3n) is 1.75. The average Bonchev–Trinajstić information content (AvgIpc) is 1.90. The summed E-state index contributed by atoms with van der Waals surface area (Å²) in [6.45, 7) is 2.79. The van der Waals surface area contributed by atoms with E-state index >= 15 is 0 Å². The highest BCUT2D eigenvalue weighted by Gasteiger charge is 2.19. The SMILES string of the molecule is C[SiH](O)C1CCCCO1. The van der Waals surface area contributed by atoms with E-state index in [9.17, 15) is 4.80 Å². The number of ether oxygens (including phenoxy) is 1. The summed E-state index contributed by atoms with van der Waals surface area (Å²) in [5.41, 5.74) is 0.249. The van der Waals surface area contributed by atoms with Crippen LogP contribution in [0.2, 0.25) is 6.55 Å². The Kier molecular flexibility index (Phi) is 2.69. The fourth-order valence-corrected chi connectivity index (χ4v) is 2.28. The second-order valence-corrected chi connectivity index (χ2v) is 4.87. The molecule has 54 valence electrons. The van der Waals surface area contributed by atoms with Gasteiger partial charge in [-0.3, -0.25) is 0 Å². The van der Waals surface area contributed by atoms with Crippen LogP contribution in [0.4, 0.5) is 0 Å². The Morgan fingerprint density at radius 2 is 2.33 bits per heavy atom. The van der Waals surface area contributed by atoms with E-state index < -0.39 is 9.04 Å². The van der Waals surface area contributed by atoms with Crippen LogP contribution in [-0.2, 0) is 4.74 Å². The van der Waals surface area contributed by atoms with E-state index in [1.165, 1.54) is 12.8 Å². The van der Waals surface area contributed by atoms with Gasteiger partial charge in [0.15, 0.2) is 9.04 Å². The summed E-state index contributed by atoms with van der Waals surface area (Å²) < 4.78 is 5.35. The number of hydrogen-bond donors (Lipinski definition) is 1. The molecule has 0 aromatic carbocycles. The summed E-state index contributed by atoms with van der Waals surface area (Å²) in [6, 6.07) is 0. The van der Waals surface area contributed by atoms with Crippen LogP contribution in [0, 0.1) is 0 Å². The van der Waals surface area contributed by atoms with Crippen molar-refractivity contribution in [3.05, 3.63) is 0 Å². The zero-order chi connectivity index (χ0) is 6.69. The van der Waals surface area contributed by atoms with E-state index in [0.29, 0.717) is 0 Å². The number of hydrogen-bond acceptors (Lipinski definition) is 2. The minimum atomic E-state index is -1.47. The Balaban J connectivity index is 2.23. The van der Waals surface area contributed by atoms with Crippen LogP contribution in [0.25, 0.3) is 0 Å². The van der Waals surface area contributed by atoms with Gasteiger partial charge in [-0.2, -0.15) is 0 Å². The van der Waals surface area contributed by atoms with Gasteiger partial charge >= 0.3 is 0 Å². The van der Waals surface area contributed by atoms with Crippen molar-refractivity contribution < 1.29 is 9.53 Å². The van der Waals surface area contributed by atoms with Crippen LogP contribution < -0.4 is 0 Å². The zero-order valence-corrected chi connectivity index (χ0v) is 6.99. The molecule has 0 amide bonds. The molecule has 2 nitrogen and oxygen atoms in total. The molecule has 0 aromatic heterocycles. The Hall–Kier alpha value is 0.137. The lowest BCUT2D eigenvalue weighted by Gasteiger charge is -2.23. The van der Waals surface area contributed by atoms with Crippen molar-refractivity contribution in [2.45, 2.75) is 31.5 Å². The first-order valence-electron chi connectivity index (χ1n) is 3.60. The fraction of sp³-hybridized carbons (Fsp3) is 1.00. The molecule has 0 radical (unpaired) electrons. The lowest BCUT2D eigenvalue weighted by atomic mass is 10.2. The first kappa shape index (κ1) is 7.25. The minimum absolute atomic E-state index is 0.249. The molecule has 1 heterocycles. The van der Waals surface area contributed by atoms with Crippen molar-refractivity contribution in [2.75, 3.05) is 6.61 Å². The fourth-order valence-electron chi connectivity index (χ4n) is 1.15. The van der Waals surface area contributed by atoms with Crippen molar-refractivity contribution in [3.63, 3.8) is 0 Å². The molecule has 3 heteroatoms. The molecule has 0 bridgehead atoms.